The average molecular weight is 333 g/mol. The second kappa shape index (κ2) is 6.95. The van der Waals surface area contributed by atoms with E-state index >= 15 is 0 Å². The molecule has 0 N–H and O–H groups in total. The van der Waals surface area contributed by atoms with Crippen LogP contribution in [0.3, 0.4) is 0 Å². The maximum atomic E-state index is 12.6. The predicted molar refractivity (Wildman–Crippen MR) is 90.7 cm³/mol. The number of hydrogen-bond donors (Lipinski definition) is 0. The summed E-state index contributed by atoms with van der Waals surface area (Å²) in [4.78, 5) is 24.8. The summed E-state index contributed by atoms with van der Waals surface area (Å²) in [5.74, 6) is 0.0965. The van der Waals surface area contributed by atoms with Crippen LogP contribution in [0.15, 0.2) is 24.3 Å². The molecule has 130 valence electrons. The fourth-order valence-corrected chi connectivity index (χ4v) is 2.31. The number of rotatable bonds is 4. The third-order valence-corrected chi connectivity index (χ3v) is 3.14. The van der Waals surface area contributed by atoms with Crippen LogP contribution in [0.4, 0.5) is 4.79 Å². The third kappa shape index (κ3) is 3.88. The number of fused-ring (bicyclic) bond motifs is 1. The number of ether oxygens (including phenoxy) is 3. The van der Waals surface area contributed by atoms with Crippen LogP contribution in [0.25, 0.3) is 10.9 Å². The Bertz CT molecular complexity index is 755. The van der Waals surface area contributed by atoms with E-state index in [4.69, 9.17) is 14.2 Å². The molecule has 24 heavy (non-hydrogen) atoms. The molecular weight excluding hydrogens is 310 g/mol. The molecule has 0 bridgehead atoms. The standard InChI is InChI=1S/C18H23NO5/c1-6-22-13-8-9-14-12(10-13)11-15(16(20)23-7-2)19(14)17(21)24-18(3,4)5/h8-11H,6-7H2,1-5H3. The fraction of sp³-hybridized carbons (Fsp3) is 0.444. The molecule has 6 nitrogen and oxygen atoms in total. The van der Waals surface area contributed by atoms with Crippen molar-refractivity contribution in [2.75, 3.05) is 13.2 Å². The third-order valence-electron chi connectivity index (χ3n) is 3.14. The van der Waals surface area contributed by atoms with Crippen molar-refractivity contribution in [2.45, 2.75) is 40.2 Å². The Balaban J connectivity index is 2.57. The summed E-state index contributed by atoms with van der Waals surface area (Å²) in [6.07, 6.45) is -0.621. The minimum Gasteiger partial charge on any atom is -0.494 e. The molecule has 0 atom stereocenters. The fourth-order valence-electron chi connectivity index (χ4n) is 2.31. The van der Waals surface area contributed by atoms with E-state index in [1.165, 1.54) is 4.57 Å². The molecule has 1 heterocycles. The van der Waals surface area contributed by atoms with Crippen molar-refractivity contribution in [2.24, 2.45) is 0 Å². The lowest BCUT2D eigenvalue weighted by Gasteiger charge is -2.20. The first-order valence-corrected chi connectivity index (χ1v) is 7.95. The van der Waals surface area contributed by atoms with E-state index in [0.717, 1.165) is 0 Å². The number of aromatic nitrogens is 1. The Labute approximate surface area is 141 Å². The van der Waals surface area contributed by atoms with E-state index in [2.05, 4.69) is 0 Å². The molecule has 0 amide bonds. The number of carbonyl (C=O) groups is 2. The highest BCUT2D eigenvalue weighted by Crippen LogP contribution is 2.26. The Hall–Kier alpha value is -2.50. The molecule has 2 rings (SSSR count). The molecule has 0 aliphatic heterocycles. The van der Waals surface area contributed by atoms with Gasteiger partial charge in [0.2, 0.25) is 0 Å². The van der Waals surface area contributed by atoms with Gasteiger partial charge >= 0.3 is 12.1 Å². The van der Waals surface area contributed by atoms with Crippen molar-refractivity contribution in [1.29, 1.82) is 0 Å². The van der Waals surface area contributed by atoms with Gasteiger partial charge in [-0.3, -0.25) is 0 Å². The lowest BCUT2D eigenvalue weighted by atomic mass is 10.2. The normalized spacial score (nSPS) is 11.4. The van der Waals surface area contributed by atoms with Crippen LogP contribution in [-0.2, 0) is 9.47 Å². The Morgan fingerprint density at radius 2 is 1.79 bits per heavy atom. The van der Waals surface area contributed by atoms with Crippen LogP contribution >= 0.6 is 0 Å². The van der Waals surface area contributed by atoms with Gasteiger partial charge in [0.05, 0.1) is 18.7 Å². The van der Waals surface area contributed by atoms with Gasteiger partial charge in [-0.05, 0) is 58.9 Å². The van der Waals surface area contributed by atoms with Crippen molar-refractivity contribution >= 4 is 23.0 Å². The van der Waals surface area contributed by atoms with Gasteiger partial charge in [-0.25, -0.2) is 14.2 Å². The van der Waals surface area contributed by atoms with E-state index < -0.39 is 17.7 Å². The number of hydrogen-bond acceptors (Lipinski definition) is 5. The molecule has 0 saturated heterocycles. The van der Waals surface area contributed by atoms with Gasteiger partial charge in [0.25, 0.3) is 0 Å². The first kappa shape index (κ1) is 17.8. The largest absolute Gasteiger partial charge is 0.494 e. The molecule has 2 aromatic rings. The van der Waals surface area contributed by atoms with Crippen molar-refractivity contribution in [3.8, 4) is 5.75 Å². The highest BCUT2D eigenvalue weighted by atomic mass is 16.6. The van der Waals surface area contributed by atoms with Crippen LogP contribution < -0.4 is 4.74 Å². The number of nitrogens with zero attached hydrogens (tertiary/aromatic N) is 1. The zero-order valence-corrected chi connectivity index (χ0v) is 14.7. The number of esters is 1. The van der Waals surface area contributed by atoms with Gasteiger partial charge in [0, 0.05) is 5.39 Å². The van der Waals surface area contributed by atoms with Crippen molar-refractivity contribution in [1.82, 2.24) is 4.57 Å². The molecule has 0 unspecified atom stereocenters. The predicted octanol–water partition coefficient (Wildman–Crippen LogP) is 4.00. The van der Waals surface area contributed by atoms with E-state index in [-0.39, 0.29) is 12.3 Å². The number of carbonyl (C=O) groups excluding carboxylic acids is 2. The van der Waals surface area contributed by atoms with Gasteiger partial charge in [-0.2, -0.15) is 0 Å². The first-order valence-electron chi connectivity index (χ1n) is 7.95. The van der Waals surface area contributed by atoms with Gasteiger partial charge in [0.1, 0.15) is 17.0 Å². The smallest absolute Gasteiger partial charge is 0.419 e. The minimum atomic E-state index is -0.676. The summed E-state index contributed by atoms with van der Waals surface area (Å²) in [6, 6.07) is 6.87. The van der Waals surface area contributed by atoms with Crippen LogP contribution in [0.1, 0.15) is 45.1 Å². The quantitative estimate of drug-likeness (QED) is 0.791. The molecule has 0 spiro atoms. The summed E-state index contributed by atoms with van der Waals surface area (Å²) >= 11 is 0. The molecular formula is C18H23NO5. The van der Waals surface area contributed by atoms with Gasteiger partial charge < -0.3 is 14.2 Å². The summed E-state index contributed by atoms with van der Waals surface area (Å²) < 4.78 is 17.2. The highest BCUT2D eigenvalue weighted by molar-refractivity contribution is 6.01. The molecule has 0 aliphatic carbocycles. The molecule has 1 aromatic carbocycles. The second-order valence-electron chi connectivity index (χ2n) is 6.22. The van der Waals surface area contributed by atoms with Crippen LogP contribution in [0.2, 0.25) is 0 Å². The van der Waals surface area contributed by atoms with Crippen LogP contribution in [0, 0.1) is 0 Å². The zero-order valence-electron chi connectivity index (χ0n) is 14.7. The van der Waals surface area contributed by atoms with E-state index in [1.54, 1.807) is 52.0 Å². The number of benzene rings is 1. The second-order valence-corrected chi connectivity index (χ2v) is 6.22. The Morgan fingerprint density at radius 3 is 2.38 bits per heavy atom. The van der Waals surface area contributed by atoms with Crippen molar-refractivity contribution in [3.05, 3.63) is 30.0 Å². The monoisotopic (exact) mass is 333 g/mol. The molecule has 1 aromatic heterocycles. The van der Waals surface area contributed by atoms with Gasteiger partial charge in [-0.1, -0.05) is 0 Å². The van der Waals surface area contributed by atoms with Crippen molar-refractivity contribution in [3.63, 3.8) is 0 Å². The van der Waals surface area contributed by atoms with E-state index in [0.29, 0.717) is 23.3 Å². The average Bonchev–Trinajstić information content (AvgIpc) is 2.85. The highest BCUT2D eigenvalue weighted by Gasteiger charge is 2.25. The van der Waals surface area contributed by atoms with Crippen molar-refractivity contribution < 1.29 is 23.8 Å². The summed E-state index contributed by atoms with van der Waals surface area (Å²) in [5.41, 5.74) is 0.0238. The Kier molecular flexibility index (Phi) is 5.17. The molecule has 6 heteroatoms. The lowest BCUT2D eigenvalue weighted by Crippen LogP contribution is -2.29. The molecule has 0 aliphatic rings. The van der Waals surface area contributed by atoms with Gasteiger partial charge in [0.15, 0.2) is 0 Å². The summed E-state index contributed by atoms with van der Waals surface area (Å²) in [5, 5.41) is 0.704. The molecule has 0 radical (unpaired) electrons. The van der Waals surface area contributed by atoms with E-state index in [9.17, 15) is 9.59 Å². The molecule has 0 fully saturated rings. The minimum absolute atomic E-state index is 0.134. The lowest BCUT2D eigenvalue weighted by molar-refractivity contribution is 0.0454. The summed E-state index contributed by atoms with van der Waals surface area (Å²) in [6.45, 7) is 9.67. The maximum Gasteiger partial charge on any atom is 0.419 e. The topological polar surface area (TPSA) is 66.8 Å². The first-order chi connectivity index (χ1) is 11.3. The van der Waals surface area contributed by atoms with Crippen LogP contribution in [-0.4, -0.2) is 35.4 Å². The molecule has 0 saturated carbocycles. The van der Waals surface area contributed by atoms with Crippen LogP contribution in [0.5, 0.6) is 5.75 Å². The van der Waals surface area contributed by atoms with Gasteiger partial charge in [-0.15, -0.1) is 0 Å². The van der Waals surface area contributed by atoms with E-state index in [1.807, 2.05) is 6.92 Å². The SMILES string of the molecule is CCOC(=O)c1cc2cc(OCC)ccc2n1C(=O)OC(C)(C)C. The maximum absolute atomic E-state index is 12.6. The zero-order chi connectivity index (χ0) is 17.9. The Morgan fingerprint density at radius 1 is 1.08 bits per heavy atom. The summed E-state index contributed by atoms with van der Waals surface area (Å²) in [7, 11) is 0.